The maximum atomic E-state index is 13.0. The second-order valence-corrected chi connectivity index (χ2v) is 8.95. The highest BCUT2D eigenvalue weighted by atomic mass is 32.2. The van der Waals surface area contributed by atoms with E-state index in [0.29, 0.717) is 30.3 Å². The summed E-state index contributed by atoms with van der Waals surface area (Å²) in [5.74, 6) is 0.474. The van der Waals surface area contributed by atoms with E-state index in [2.05, 4.69) is 6.92 Å². The molecule has 1 amide bonds. The molecule has 0 spiro atoms. The zero-order valence-electron chi connectivity index (χ0n) is 18.7. The van der Waals surface area contributed by atoms with Crippen molar-refractivity contribution in [2.45, 2.75) is 57.1 Å². The summed E-state index contributed by atoms with van der Waals surface area (Å²) in [7, 11) is 1.58. The van der Waals surface area contributed by atoms with Crippen molar-refractivity contribution in [2.24, 2.45) is 0 Å². The Kier molecular flexibility index (Phi) is 8.85. The Morgan fingerprint density at radius 2 is 1.88 bits per heavy atom. The van der Waals surface area contributed by atoms with Gasteiger partial charge < -0.3 is 19.5 Å². The van der Waals surface area contributed by atoms with Crippen molar-refractivity contribution in [3.05, 3.63) is 59.7 Å². The Labute approximate surface area is 193 Å². The largest absolute Gasteiger partial charge is 0.493 e. The summed E-state index contributed by atoms with van der Waals surface area (Å²) in [6.45, 7) is 2.54. The first-order valence-corrected chi connectivity index (χ1v) is 12.1. The molecular weight excluding hydrogens is 426 g/mol. The minimum Gasteiger partial charge on any atom is -0.493 e. The number of ether oxygens (including phenoxy) is 2. The molecule has 1 aliphatic heterocycles. The monoisotopic (exact) mass is 457 g/mol. The lowest BCUT2D eigenvalue weighted by Gasteiger charge is -2.28. The number of thioether (sulfide) groups is 1. The first-order chi connectivity index (χ1) is 15.5. The van der Waals surface area contributed by atoms with E-state index in [9.17, 15) is 14.7 Å². The molecule has 1 saturated heterocycles. The van der Waals surface area contributed by atoms with Crippen LogP contribution in [0.1, 0.15) is 55.5 Å². The van der Waals surface area contributed by atoms with Gasteiger partial charge in [0.1, 0.15) is 18.0 Å². The highest BCUT2D eigenvalue weighted by Gasteiger charge is 2.42. The molecule has 172 valence electrons. The Morgan fingerprint density at radius 3 is 2.56 bits per heavy atom. The van der Waals surface area contributed by atoms with Gasteiger partial charge in [-0.15, -0.1) is 11.8 Å². The molecule has 7 heteroatoms. The van der Waals surface area contributed by atoms with Gasteiger partial charge in [-0.1, -0.05) is 62.6 Å². The molecule has 2 unspecified atom stereocenters. The number of benzene rings is 2. The van der Waals surface area contributed by atoms with E-state index in [-0.39, 0.29) is 11.3 Å². The number of nitrogens with zero attached hydrogens (tertiary/aromatic N) is 1. The molecule has 1 N–H and O–H groups in total. The summed E-state index contributed by atoms with van der Waals surface area (Å²) < 4.78 is 11.5. The van der Waals surface area contributed by atoms with Crippen LogP contribution >= 0.6 is 11.8 Å². The highest BCUT2D eigenvalue weighted by Crippen LogP contribution is 2.44. The summed E-state index contributed by atoms with van der Waals surface area (Å²) in [6.07, 6.45) is 4.30. The molecule has 3 rings (SSSR count). The fraction of sp³-hybridized carbons (Fsp3) is 0.440. The minimum atomic E-state index is -0.961. The standard InChI is InChI=1S/C25H31NO5S/c1-3-4-5-9-12-23(27)26-20(25(28)29)17-32-24(26)19-13-14-21(22(15-19)30-2)31-16-18-10-7-6-8-11-18/h6-8,10-11,13-15,20,24H,3-5,9,12,16-17H2,1-2H3,(H,28,29). The zero-order chi connectivity index (χ0) is 22.9. The Balaban J connectivity index is 1.76. The molecule has 1 fully saturated rings. The summed E-state index contributed by atoms with van der Waals surface area (Å²) in [5, 5.41) is 9.32. The van der Waals surface area contributed by atoms with Crippen molar-refractivity contribution in [1.82, 2.24) is 4.90 Å². The fourth-order valence-electron chi connectivity index (χ4n) is 3.78. The van der Waals surface area contributed by atoms with Gasteiger partial charge in [0.05, 0.1) is 7.11 Å². The number of carboxylic acids is 1. The molecule has 32 heavy (non-hydrogen) atoms. The number of carbonyl (C=O) groups is 2. The lowest BCUT2D eigenvalue weighted by atomic mass is 10.1. The average molecular weight is 458 g/mol. The molecule has 0 radical (unpaired) electrons. The van der Waals surface area contributed by atoms with E-state index < -0.39 is 12.0 Å². The van der Waals surface area contributed by atoms with Crippen LogP contribution in [0.2, 0.25) is 0 Å². The molecule has 0 aromatic heterocycles. The van der Waals surface area contributed by atoms with Gasteiger partial charge in [-0.05, 0) is 29.7 Å². The summed E-state index contributed by atoms with van der Waals surface area (Å²) in [5.41, 5.74) is 1.89. The van der Waals surface area contributed by atoms with Crippen LogP contribution in [0, 0.1) is 0 Å². The topological polar surface area (TPSA) is 76.1 Å². The number of hydrogen-bond donors (Lipinski definition) is 1. The van der Waals surface area contributed by atoms with Gasteiger partial charge in [-0.3, -0.25) is 4.79 Å². The number of methoxy groups -OCH3 is 1. The van der Waals surface area contributed by atoms with E-state index in [1.807, 2.05) is 48.5 Å². The summed E-state index contributed by atoms with van der Waals surface area (Å²) in [6, 6.07) is 14.6. The fourth-order valence-corrected chi connectivity index (χ4v) is 5.21. The van der Waals surface area contributed by atoms with Crippen LogP contribution in [0.15, 0.2) is 48.5 Å². The third-order valence-electron chi connectivity index (χ3n) is 5.53. The molecule has 1 heterocycles. The van der Waals surface area contributed by atoms with Crippen LogP contribution in [-0.2, 0) is 16.2 Å². The van der Waals surface area contributed by atoms with E-state index in [1.165, 1.54) is 16.7 Å². The van der Waals surface area contributed by atoms with Gasteiger partial charge in [0, 0.05) is 12.2 Å². The number of rotatable bonds is 11. The maximum Gasteiger partial charge on any atom is 0.327 e. The third kappa shape index (κ3) is 5.97. The van der Waals surface area contributed by atoms with E-state index in [1.54, 1.807) is 7.11 Å². The first kappa shape index (κ1) is 24.0. The Morgan fingerprint density at radius 1 is 1.09 bits per heavy atom. The number of carboxylic acid groups (broad SMARTS) is 1. The molecule has 2 aromatic rings. The number of carbonyl (C=O) groups excluding carboxylic acids is 1. The lowest BCUT2D eigenvalue weighted by molar-refractivity contribution is -0.149. The molecule has 0 aliphatic carbocycles. The summed E-state index contributed by atoms with van der Waals surface area (Å²) >= 11 is 1.48. The zero-order valence-corrected chi connectivity index (χ0v) is 19.5. The average Bonchev–Trinajstić information content (AvgIpc) is 3.26. The molecule has 0 saturated carbocycles. The van der Waals surface area contributed by atoms with Gasteiger partial charge in [-0.2, -0.15) is 0 Å². The normalized spacial score (nSPS) is 17.9. The van der Waals surface area contributed by atoms with Crippen LogP contribution < -0.4 is 9.47 Å². The smallest absolute Gasteiger partial charge is 0.327 e. The predicted molar refractivity (Wildman–Crippen MR) is 126 cm³/mol. The maximum absolute atomic E-state index is 13.0. The van der Waals surface area contributed by atoms with Gasteiger partial charge in [0.2, 0.25) is 5.91 Å². The van der Waals surface area contributed by atoms with Crippen LogP contribution in [0.5, 0.6) is 11.5 Å². The minimum absolute atomic E-state index is 0.105. The highest BCUT2D eigenvalue weighted by molar-refractivity contribution is 7.99. The lowest BCUT2D eigenvalue weighted by Crippen LogP contribution is -2.42. The Bertz CT molecular complexity index is 904. The summed E-state index contributed by atoms with van der Waals surface area (Å²) in [4.78, 5) is 26.3. The quantitative estimate of drug-likeness (QED) is 0.463. The molecule has 1 aliphatic rings. The predicted octanol–water partition coefficient (Wildman–Crippen LogP) is 5.27. The van der Waals surface area contributed by atoms with Crippen LogP contribution in [0.25, 0.3) is 0 Å². The second-order valence-electron chi connectivity index (χ2n) is 7.84. The molecular formula is C25H31NO5S. The van der Waals surface area contributed by atoms with Crippen molar-refractivity contribution in [3.63, 3.8) is 0 Å². The number of hydrogen-bond acceptors (Lipinski definition) is 5. The van der Waals surface area contributed by atoms with Crippen LogP contribution in [0.4, 0.5) is 0 Å². The van der Waals surface area contributed by atoms with Crippen molar-refractivity contribution in [1.29, 1.82) is 0 Å². The van der Waals surface area contributed by atoms with Crippen molar-refractivity contribution in [3.8, 4) is 11.5 Å². The number of aliphatic carboxylic acids is 1. The van der Waals surface area contributed by atoms with E-state index in [4.69, 9.17) is 9.47 Å². The van der Waals surface area contributed by atoms with E-state index >= 15 is 0 Å². The van der Waals surface area contributed by atoms with Crippen molar-refractivity contribution >= 4 is 23.6 Å². The number of unbranched alkanes of at least 4 members (excludes halogenated alkanes) is 3. The van der Waals surface area contributed by atoms with Crippen molar-refractivity contribution in [2.75, 3.05) is 12.9 Å². The van der Waals surface area contributed by atoms with E-state index in [0.717, 1.165) is 36.8 Å². The van der Waals surface area contributed by atoms with Crippen molar-refractivity contribution < 1.29 is 24.2 Å². The Hall–Kier alpha value is -2.67. The molecule has 0 bridgehead atoms. The molecule has 6 nitrogen and oxygen atoms in total. The molecule has 2 aromatic carbocycles. The first-order valence-electron chi connectivity index (χ1n) is 11.0. The molecule has 2 atom stereocenters. The second kappa shape index (κ2) is 11.8. The van der Waals surface area contributed by atoms with Gasteiger partial charge in [-0.25, -0.2) is 4.79 Å². The number of amides is 1. The SMILES string of the molecule is CCCCCCC(=O)N1C(C(=O)O)CSC1c1ccc(OCc2ccccc2)c(OC)c1. The van der Waals surface area contributed by atoms with Crippen LogP contribution in [-0.4, -0.2) is 40.8 Å². The van der Waals surface area contributed by atoms with Gasteiger partial charge in [0.15, 0.2) is 11.5 Å². The van der Waals surface area contributed by atoms with Gasteiger partial charge >= 0.3 is 5.97 Å². The third-order valence-corrected chi connectivity index (χ3v) is 6.85. The van der Waals surface area contributed by atoms with Gasteiger partial charge in [0.25, 0.3) is 0 Å². The van der Waals surface area contributed by atoms with Crippen LogP contribution in [0.3, 0.4) is 0 Å².